The molecule has 0 unspecified atom stereocenters. The molecule has 1 aromatic heterocycles. The predicted octanol–water partition coefficient (Wildman–Crippen LogP) is 7.03. The van der Waals surface area contributed by atoms with Gasteiger partial charge < -0.3 is 15.0 Å². The van der Waals surface area contributed by atoms with E-state index in [1.807, 2.05) is 57.2 Å². The Hall–Kier alpha value is -3.27. The number of fused-ring (bicyclic) bond motifs is 1. The Labute approximate surface area is 240 Å². The summed E-state index contributed by atoms with van der Waals surface area (Å²) in [5.41, 5.74) is 3.86. The van der Waals surface area contributed by atoms with E-state index >= 15 is 0 Å². The van der Waals surface area contributed by atoms with Crippen LogP contribution in [0.25, 0.3) is 20.8 Å². The summed E-state index contributed by atoms with van der Waals surface area (Å²) < 4.78 is 7.47. The van der Waals surface area contributed by atoms with Gasteiger partial charge >= 0.3 is 6.09 Å². The van der Waals surface area contributed by atoms with Gasteiger partial charge in [-0.05, 0) is 68.8 Å². The van der Waals surface area contributed by atoms with Crippen molar-refractivity contribution in [3.05, 3.63) is 82.3 Å². The molecular formula is C30H31BrN4O3S. The van der Waals surface area contributed by atoms with Crippen molar-refractivity contribution < 1.29 is 14.3 Å². The van der Waals surface area contributed by atoms with E-state index in [9.17, 15) is 9.59 Å². The first kappa shape index (κ1) is 27.3. The molecule has 5 rings (SSSR count). The topological polar surface area (TPSA) is 74.8 Å². The molecular weight excluding hydrogens is 576 g/mol. The van der Waals surface area contributed by atoms with Crippen LogP contribution < -0.4 is 5.32 Å². The minimum absolute atomic E-state index is 0.168. The van der Waals surface area contributed by atoms with Gasteiger partial charge in [0.05, 0.1) is 15.9 Å². The van der Waals surface area contributed by atoms with Gasteiger partial charge in [0.2, 0.25) is 0 Å². The molecule has 0 atom stereocenters. The van der Waals surface area contributed by atoms with E-state index in [2.05, 4.69) is 44.3 Å². The fraction of sp³-hybridized carbons (Fsp3) is 0.300. The molecule has 0 bridgehead atoms. The molecule has 2 heterocycles. The van der Waals surface area contributed by atoms with Crippen molar-refractivity contribution in [2.45, 2.75) is 32.9 Å². The second-order valence-electron chi connectivity index (χ2n) is 10.6. The number of carbonyl (C=O) groups is 2. The van der Waals surface area contributed by atoms with E-state index in [4.69, 9.17) is 9.72 Å². The summed E-state index contributed by atoms with van der Waals surface area (Å²) in [6.45, 7) is 9.40. The van der Waals surface area contributed by atoms with Crippen LogP contribution in [0.5, 0.6) is 0 Å². The van der Waals surface area contributed by atoms with Crippen molar-refractivity contribution in [1.29, 1.82) is 0 Å². The smallest absolute Gasteiger partial charge is 0.410 e. The quantitative estimate of drug-likeness (QED) is 0.264. The number of carbonyl (C=O) groups excluding carboxylic acids is 2. The van der Waals surface area contributed by atoms with Crippen molar-refractivity contribution >= 4 is 55.2 Å². The summed E-state index contributed by atoms with van der Waals surface area (Å²) in [4.78, 5) is 34.3. The SMILES string of the molecule is CC(C)(C)OC(=O)N1CCN(Cc2ccc3nc(-c4ccccc4NC(=O)c4cccc(Br)c4)sc3c2)CC1. The van der Waals surface area contributed by atoms with Crippen molar-refractivity contribution in [3.63, 3.8) is 0 Å². The first-order valence-electron chi connectivity index (χ1n) is 12.9. The number of nitrogens with one attached hydrogen (secondary N) is 1. The van der Waals surface area contributed by atoms with E-state index in [1.54, 1.807) is 28.4 Å². The Morgan fingerprint density at radius 1 is 1.00 bits per heavy atom. The molecule has 1 saturated heterocycles. The molecule has 7 nitrogen and oxygen atoms in total. The van der Waals surface area contributed by atoms with Gasteiger partial charge in [0, 0.05) is 48.3 Å². The number of rotatable bonds is 5. The minimum atomic E-state index is -0.483. The third kappa shape index (κ3) is 6.84. The van der Waals surface area contributed by atoms with Crippen LogP contribution in [-0.4, -0.2) is 58.6 Å². The number of anilines is 1. The number of hydrogen-bond acceptors (Lipinski definition) is 6. The number of hydrogen-bond donors (Lipinski definition) is 1. The van der Waals surface area contributed by atoms with Crippen LogP contribution in [0.3, 0.4) is 0 Å². The number of benzene rings is 3. The first-order valence-corrected chi connectivity index (χ1v) is 14.5. The monoisotopic (exact) mass is 606 g/mol. The number of thiazole rings is 1. The molecule has 4 aromatic rings. The molecule has 0 aliphatic carbocycles. The fourth-order valence-electron chi connectivity index (χ4n) is 4.46. The number of aromatic nitrogens is 1. The lowest BCUT2D eigenvalue weighted by atomic mass is 10.1. The highest BCUT2D eigenvalue weighted by Crippen LogP contribution is 2.35. The largest absolute Gasteiger partial charge is 0.444 e. The molecule has 0 spiro atoms. The number of ether oxygens (including phenoxy) is 1. The van der Waals surface area contributed by atoms with Gasteiger partial charge in [-0.3, -0.25) is 9.69 Å². The lowest BCUT2D eigenvalue weighted by Crippen LogP contribution is -2.49. The zero-order chi connectivity index (χ0) is 27.6. The lowest BCUT2D eigenvalue weighted by Gasteiger charge is -2.35. The normalized spacial score (nSPS) is 14.4. The standard InChI is InChI=1S/C30H31BrN4O3S/c1-30(2,3)38-29(37)35-15-13-34(14-16-35)19-20-11-12-25-26(17-20)39-28(33-25)23-9-4-5-10-24(23)32-27(36)21-7-6-8-22(31)18-21/h4-12,17-18H,13-16,19H2,1-3H3,(H,32,36). The summed E-state index contributed by atoms with van der Waals surface area (Å²) in [6, 6.07) is 21.5. The van der Waals surface area contributed by atoms with Crippen LogP contribution in [0.4, 0.5) is 10.5 Å². The highest BCUT2D eigenvalue weighted by atomic mass is 79.9. The van der Waals surface area contributed by atoms with Gasteiger partial charge in [0.1, 0.15) is 10.6 Å². The summed E-state index contributed by atoms with van der Waals surface area (Å²) >= 11 is 5.05. The molecule has 1 fully saturated rings. The predicted molar refractivity (Wildman–Crippen MR) is 160 cm³/mol. The van der Waals surface area contributed by atoms with Crippen molar-refractivity contribution in [1.82, 2.24) is 14.8 Å². The van der Waals surface area contributed by atoms with Crippen molar-refractivity contribution in [2.24, 2.45) is 0 Å². The molecule has 9 heteroatoms. The molecule has 2 amide bonds. The molecule has 3 aromatic carbocycles. The van der Waals surface area contributed by atoms with E-state index in [0.717, 1.165) is 50.6 Å². The van der Waals surface area contributed by atoms with Gasteiger partial charge in [-0.1, -0.05) is 40.2 Å². The van der Waals surface area contributed by atoms with Gasteiger partial charge in [-0.25, -0.2) is 9.78 Å². The molecule has 39 heavy (non-hydrogen) atoms. The highest BCUT2D eigenvalue weighted by molar-refractivity contribution is 9.10. The Kier molecular flexibility index (Phi) is 8.02. The van der Waals surface area contributed by atoms with E-state index < -0.39 is 5.60 Å². The first-order chi connectivity index (χ1) is 18.6. The van der Waals surface area contributed by atoms with Crippen LogP contribution in [0.15, 0.2) is 71.2 Å². The van der Waals surface area contributed by atoms with Crippen LogP contribution in [0.1, 0.15) is 36.7 Å². The molecule has 1 aliphatic rings. The lowest BCUT2D eigenvalue weighted by molar-refractivity contribution is 0.0139. The highest BCUT2D eigenvalue weighted by Gasteiger charge is 2.26. The Morgan fingerprint density at radius 3 is 2.51 bits per heavy atom. The van der Waals surface area contributed by atoms with Crippen LogP contribution in [-0.2, 0) is 11.3 Å². The maximum atomic E-state index is 12.9. The van der Waals surface area contributed by atoms with Crippen molar-refractivity contribution in [2.75, 3.05) is 31.5 Å². The number of para-hydroxylation sites is 1. The number of piperazine rings is 1. The van der Waals surface area contributed by atoms with Crippen molar-refractivity contribution in [3.8, 4) is 10.6 Å². The summed E-state index contributed by atoms with van der Waals surface area (Å²) in [5, 5.41) is 3.91. The number of halogens is 1. The Morgan fingerprint density at radius 2 is 1.77 bits per heavy atom. The van der Waals surface area contributed by atoms with Gasteiger partial charge in [0.15, 0.2) is 0 Å². The molecule has 0 saturated carbocycles. The second-order valence-corrected chi connectivity index (χ2v) is 12.5. The maximum Gasteiger partial charge on any atom is 0.410 e. The molecule has 0 radical (unpaired) electrons. The Bertz CT molecular complexity index is 1510. The maximum absolute atomic E-state index is 12.9. The van der Waals surface area contributed by atoms with Crippen LogP contribution in [0, 0.1) is 0 Å². The van der Waals surface area contributed by atoms with E-state index in [1.165, 1.54) is 5.56 Å². The third-order valence-corrected chi connectivity index (χ3v) is 7.92. The molecule has 1 aliphatic heterocycles. The minimum Gasteiger partial charge on any atom is -0.444 e. The number of nitrogens with zero attached hydrogens (tertiary/aromatic N) is 3. The number of amides is 2. The summed E-state index contributed by atoms with van der Waals surface area (Å²) in [7, 11) is 0. The average molecular weight is 608 g/mol. The fourth-order valence-corrected chi connectivity index (χ4v) is 5.93. The van der Waals surface area contributed by atoms with Gasteiger partial charge in [0.25, 0.3) is 5.91 Å². The summed E-state index contributed by atoms with van der Waals surface area (Å²) in [6.07, 6.45) is -0.242. The summed E-state index contributed by atoms with van der Waals surface area (Å²) in [5.74, 6) is -0.168. The average Bonchev–Trinajstić information content (AvgIpc) is 3.32. The second kappa shape index (κ2) is 11.5. The van der Waals surface area contributed by atoms with E-state index in [0.29, 0.717) is 18.7 Å². The van der Waals surface area contributed by atoms with Gasteiger partial charge in [-0.2, -0.15) is 0 Å². The molecule has 1 N–H and O–H groups in total. The molecule has 202 valence electrons. The van der Waals surface area contributed by atoms with Crippen LogP contribution >= 0.6 is 27.3 Å². The third-order valence-electron chi connectivity index (χ3n) is 6.38. The van der Waals surface area contributed by atoms with Gasteiger partial charge in [-0.15, -0.1) is 11.3 Å². The zero-order valence-corrected chi connectivity index (χ0v) is 24.6. The van der Waals surface area contributed by atoms with Crippen LogP contribution in [0.2, 0.25) is 0 Å². The zero-order valence-electron chi connectivity index (χ0n) is 22.2. The van der Waals surface area contributed by atoms with E-state index in [-0.39, 0.29) is 12.0 Å². The Balaban J connectivity index is 1.27.